The molecule has 2 N–H and O–H groups in total. The van der Waals surface area contributed by atoms with E-state index in [-0.39, 0.29) is 0 Å². The third-order valence-corrected chi connectivity index (χ3v) is 2.52. The number of imidazole rings is 1. The fourth-order valence-corrected chi connectivity index (χ4v) is 1.73. The highest BCUT2D eigenvalue weighted by Crippen LogP contribution is 2.24. The molecule has 2 aromatic heterocycles. The molecule has 0 aliphatic carbocycles. The van der Waals surface area contributed by atoms with Crippen LogP contribution < -0.4 is 0 Å². The quantitative estimate of drug-likeness (QED) is 0.660. The predicted molar refractivity (Wildman–Crippen MR) is 58.7 cm³/mol. The minimum absolute atomic E-state index is 0.648. The van der Waals surface area contributed by atoms with E-state index in [9.17, 15) is 0 Å². The minimum atomic E-state index is 0.648. The Morgan fingerprint density at radius 1 is 1.20 bits per heavy atom. The van der Waals surface area contributed by atoms with Crippen molar-refractivity contribution >= 4 is 22.6 Å². The topological polar surface area (TPSA) is 57.4 Å². The van der Waals surface area contributed by atoms with E-state index in [1.807, 2.05) is 24.3 Å². The van der Waals surface area contributed by atoms with Gasteiger partial charge in [-0.25, -0.2) is 4.98 Å². The van der Waals surface area contributed by atoms with Gasteiger partial charge in [-0.1, -0.05) is 17.7 Å². The van der Waals surface area contributed by atoms with Gasteiger partial charge in [-0.15, -0.1) is 0 Å². The molecular formula is C10H7ClN4. The molecule has 0 aliphatic rings. The second-order valence-electron chi connectivity index (χ2n) is 3.19. The average molecular weight is 219 g/mol. The summed E-state index contributed by atoms with van der Waals surface area (Å²) >= 11 is 6.02. The number of rotatable bonds is 1. The van der Waals surface area contributed by atoms with E-state index in [2.05, 4.69) is 20.2 Å². The largest absolute Gasteiger partial charge is 0.337 e. The highest BCUT2D eigenvalue weighted by atomic mass is 35.5. The molecule has 0 radical (unpaired) electrons. The number of benzene rings is 1. The number of fused-ring (bicyclic) bond motifs is 1. The van der Waals surface area contributed by atoms with Gasteiger partial charge >= 0.3 is 0 Å². The van der Waals surface area contributed by atoms with Crippen molar-refractivity contribution in [3.05, 3.63) is 35.5 Å². The van der Waals surface area contributed by atoms with Crippen LogP contribution in [0.2, 0.25) is 5.02 Å². The Hall–Kier alpha value is -1.81. The Labute approximate surface area is 90.3 Å². The van der Waals surface area contributed by atoms with E-state index in [1.54, 1.807) is 6.20 Å². The van der Waals surface area contributed by atoms with Crippen molar-refractivity contribution in [2.45, 2.75) is 0 Å². The van der Waals surface area contributed by atoms with Gasteiger partial charge < -0.3 is 4.98 Å². The van der Waals surface area contributed by atoms with Gasteiger partial charge in [-0.3, -0.25) is 5.10 Å². The maximum absolute atomic E-state index is 6.02. The van der Waals surface area contributed by atoms with Crippen LogP contribution in [0, 0.1) is 0 Å². The lowest BCUT2D eigenvalue weighted by Gasteiger charge is -1.88. The van der Waals surface area contributed by atoms with Gasteiger partial charge in [0.25, 0.3) is 0 Å². The molecule has 0 saturated heterocycles. The van der Waals surface area contributed by atoms with Crippen LogP contribution in [0.5, 0.6) is 0 Å². The monoisotopic (exact) mass is 218 g/mol. The standard InChI is InChI=1S/C10H7ClN4/c11-6-2-1-3-7-9(6)14-10(13-7)8-4-5-12-15-8/h1-5H,(H,12,15)(H,13,14). The Kier molecular flexibility index (Phi) is 1.76. The normalized spacial score (nSPS) is 11.0. The first-order valence-corrected chi connectivity index (χ1v) is 4.86. The molecule has 4 nitrogen and oxygen atoms in total. The number of aromatic amines is 2. The molecule has 0 bridgehead atoms. The predicted octanol–water partition coefficient (Wildman–Crippen LogP) is 2.61. The Balaban J connectivity index is 2.27. The lowest BCUT2D eigenvalue weighted by molar-refractivity contribution is 1.08. The summed E-state index contributed by atoms with van der Waals surface area (Å²) in [7, 11) is 0. The summed E-state index contributed by atoms with van der Waals surface area (Å²) in [4.78, 5) is 7.57. The average Bonchev–Trinajstić information content (AvgIpc) is 2.86. The van der Waals surface area contributed by atoms with Gasteiger partial charge in [-0.05, 0) is 18.2 Å². The SMILES string of the molecule is Clc1cccc2[nH]c(-c3ccn[nH]3)nc12. The second-order valence-corrected chi connectivity index (χ2v) is 3.60. The second kappa shape index (κ2) is 3.10. The number of halogens is 1. The third kappa shape index (κ3) is 1.30. The van der Waals surface area contributed by atoms with Crippen LogP contribution >= 0.6 is 11.6 Å². The van der Waals surface area contributed by atoms with E-state index in [1.165, 1.54) is 0 Å². The molecule has 1 aromatic carbocycles. The number of nitrogens with zero attached hydrogens (tertiary/aromatic N) is 2. The van der Waals surface area contributed by atoms with E-state index in [4.69, 9.17) is 11.6 Å². The van der Waals surface area contributed by atoms with Crippen molar-refractivity contribution in [2.24, 2.45) is 0 Å². The first kappa shape index (κ1) is 8.49. The molecule has 0 unspecified atom stereocenters. The van der Waals surface area contributed by atoms with Crippen LogP contribution in [-0.2, 0) is 0 Å². The maximum atomic E-state index is 6.02. The van der Waals surface area contributed by atoms with Crippen molar-refractivity contribution in [3.8, 4) is 11.5 Å². The van der Waals surface area contributed by atoms with Crippen LogP contribution in [-0.4, -0.2) is 20.2 Å². The highest BCUT2D eigenvalue weighted by Gasteiger charge is 2.07. The van der Waals surface area contributed by atoms with Gasteiger partial charge in [0.05, 0.1) is 10.5 Å². The highest BCUT2D eigenvalue weighted by molar-refractivity contribution is 6.34. The van der Waals surface area contributed by atoms with Crippen molar-refractivity contribution in [1.82, 2.24) is 20.2 Å². The van der Waals surface area contributed by atoms with Gasteiger partial charge in [0.2, 0.25) is 0 Å². The summed E-state index contributed by atoms with van der Waals surface area (Å²) in [6, 6.07) is 7.50. The van der Waals surface area contributed by atoms with E-state index in [0.29, 0.717) is 5.02 Å². The van der Waals surface area contributed by atoms with Crippen LogP contribution in [0.25, 0.3) is 22.6 Å². The zero-order chi connectivity index (χ0) is 10.3. The maximum Gasteiger partial charge on any atom is 0.156 e. The zero-order valence-electron chi connectivity index (χ0n) is 7.66. The van der Waals surface area contributed by atoms with Gasteiger partial charge in [-0.2, -0.15) is 5.10 Å². The van der Waals surface area contributed by atoms with Crippen molar-refractivity contribution in [2.75, 3.05) is 0 Å². The minimum Gasteiger partial charge on any atom is -0.337 e. The van der Waals surface area contributed by atoms with Gasteiger partial charge in [0, 0.05) is 6.20 Å². The van der Waals surface area contributed by atoms with Crippen molar-refractivity contribution in [1.29, 1.82) is 0 Å². The summed E-state index contributed by atoms with van der Waals surface area (Å²) in [5.74, 6) is 0.746. The number of hydrogen-bond donors (Lipinski definition) is 2. The van der Waals surface area contributed by atoms with Crippen LogP contribution in [0.3, 0.4) is 0 Å². The molecule has 3 rings (SSSR count). The summed E-state index contributed by atoms with van der Waals surface area (Å²) in [6.07, 6.45) is 1.68. The zero-order valence-corrected chi connectivity index (χ0v) is 8.42. The first-order valence-electron chi connectivity index (χ1n) is 4.48. The molecule has 2 heterocycles. The van der Waals surface area contributed by atoms with E-state index >= 15 is 0 Å². The van der Waals surface area contributed by atoms with Crippen LogP contribution in [0.4, 0.5) is 0 Å². The van der Waals surface area contributed by atoms with Gasteiger partial charge in [0.1, 0.15) is 11.2 Å². The van der Waals surface area contributed by atoms with E-state index in [0.717, 1.165) is 22.6 Å². The molecule has 0 spiro atoms. The number of nitrogens with one attached hydrogen (secondary N) is 2. The summed E-state index contributed by atoms with van der Waals surface area (Å²) in [5, 5.41) is 7.37. The van der Waals surface area contributed by atoms with Gasteiger partial charge in [0.15, 0.2) is 5.82 Å². The molecule has 0 saturated carbocycles. The van der Waals surface area contributed by atoms with Crippen molar-refractivity contribution < 1.29 is 0 Å². The molecular weight excluding hydrogens is 212 g/mol. The first-order chi connectivity index (χ1) is 7.34. The molecule has 5 heteroatoms. The van der Waals surface area contributed by atoms with E-state index < -0.39 is 0 Å². The molecule has 0 amide bonds. The number of aromatic nitrogens is 4. The molecule has 3 aromatic rings. The lowest BCUT2D eigenvalue weighted by atomic mass is 10.3. The Bertz CT molecular complexity index is 597. The molecule has 0 aliphatic heterocycles. The Morgan fingerprint density at radius 2 is 2.13 bits per heavy atom. The lowest BCUT2D eigenvalue weighted by Crippen LogP contribution is -1.79. The molecule has 0 fully saturated rings. The third-order valence-electron chi connectivity index (χ3n) is 2.22. The summed E-state index contributed by atoms with van der Waals surface area (Å²) < 4.78 is 0. The summed E-state index contributed by atoms with van der Waals surface area (Å²) in [5.41, 5.74) is 2.55. The van der Waals surface area contributed by atoms with Crippen LogP contribution in [0.15, 0.2) is 30.5 Å². The summed E-state index contributed by atoms with van der Waals surface area (Å²) in [6.45, 7) is 0. The number of hydrogen-bond acceptors (Lipinski definition) is 2. The fraction of sp³-hybridized carbons (Fsp3) is 0. The van der Waals surface area contributed by atoms with Crippen LogP contribution in [0.1, 0.15) is 0 Å². The van der Waals surface area contributed by atoms with Crippen molar-refractivity contribution in [3.63, 3.8) is 0 Å². The fourth-order valence-electron chi connectivity index (χ4n) is 1.51. The molecule has 0 atom stereocenters. The molecule has 15 heavy (non-hydrogen) atoms. The molecule has 74 valence electrons. The number of para-hydroxylation sites is 1. The smallest absolute Gasteiger partial charge is 0.156 e. The number of H-pyrrole nitrogens is 2. The Morgan fingerprint density at radius 3 is 2.87 bits per heavy atom.